The van der Waals surface area contributed by atoms with Crippen LogP contribution in [0.1, 0.15) is 25.0 Å². The lowest BCUT2D eigenvalue weighted by atomic mass is 10.1. The smallest absolute Gasteiger partial charge is 0.0989 e. The summed E-state index contributed by atoms with van der Waals surface area (Å²) < 4.78 is 0. The van der Waals surface area contributed by atoms with E-state index >= 15 is 0 Å². The number of benzene rings is 2. The molecule has 148 valence electrons. The van der Waals surface area contributed by atoms with E-state index in [1.54, 1.807) is 0 Å². The van der Waals surface area contributed by atoms with Gasteiger partial charge in [0.25, 0.3) is 0 Å². The SMILES string of the molecule is CC(CN=NCC(C)C(N)=NCc1ccccc1)C(N)=NCc1ccccc1. The van der Waals surface area contributed by atoms with Crippen LogP contribution in [0.2, 0.25) is 0 Å². The molecule has 28 heavy (non-hydrogen) atoms. The van der Waals surface area contributed by atoms with E-state index in [0.717, 1.165) is 11.1 Å². The second-order valence-corrected chi connectivity index (χ2v) is 6.90. The van der Waals surface area contributed by atoms with Crippen molar-refractivity contribution in [3.05, 3.63) is 71.8 Å². The Morgan fingerprint density at radius 2 is 1.04 bits per heavy atom. The van der Waals surface area contributed by atoms with Crippen molar-refractivity contribution >= 4 is 11.7 Å². The van der Waals surface area contributed by atoms with Crippen molar-refractivity contribution in [1.82, 2.24) is 0 Å². The van der Waals surface area contributed by atoms with Crippen molar-refractivity contribution in [3.8, 4) is 0 Å². The Kier molecular flexibility index (Phi) is 8.85. The molecule has 2 unspecified atom stereocenters. The van der Waals surface area contributed by atoms with E-state index in [4.69, 9.17) is 11.5 Å². The van der Waals surface area contributed by atoms with Crippen LogP contribution in [-0.2, 0) is 13.1 Å². The summed E-state index contributed by atoms with van der Waals surface area (Å²) >= 11 is 0. The zero-order valence-corrected chi connectivity index (χ0v) is 16.7. The molecule has 2 rings (SSSR count). The van der Waals surface area contributed by atoms with Gasteiger partial charge in [-0.05, 0) is 11.1 Å². The number of amidine groups is 2. The molecule has 0 aliphatic heterocycles. The number of hydrogen-bond donors (Lipinski definition) is 2. The highest BCUT2D eigenvalue weighted by atomic mass is 15.1. The van der Waals surface area contributed by atoms with E-state index in [0.29, 0.717) is 37.9 Å². The summed E-state index contributed by atoms with van der Waals surface area (Å²) in [7, 11) is 0. The van der Waals surface area contributed by atoms with Gasteiger partial charge >= 0.3 is 0 Å². The normalized spacial score (nSPS) is 14.9. The maximum Gasteiger partial charge on any atom is 0.0989 e. The monoisotopic (exact) mass is 378 g/mol. The molecule has 6 heteroatoms. The molecule has 4 N–H and O–H groups in total. The molecule has 0 aliphatic rings. The van der Waals surface area contributed by atoms with Crippen molar-refractivity contribution in [2.45, 2.75) is 26.9 Å². The van der Waals surface area contributed by atoms with Crippen molar-refractivity contribution in [2.24, 2.45) is 43.5 Å². The van der Waals surface area contributed by atoms with E-state index in [-0.39, 0.29) is 11.8 Å². The predicted octanol–water partition coefficient (Wildman–Crippen LogP) is 3.83. The number of nitrogens with two attached hydrogens (primary N) is 2. The van der Waals surface area contributed by atoms with E-state index in [2.05, 4.69) is 20.2 Å². The summed E-state index contributed by atoms with van der Waals surface area (Å²) in [5, 5.41) is 8.48. The van der Waals surface area contributed by atoms with Crippen molar-refractivity contribution in [1.29, 1.82) is 0 Å². The van der Waals surface area contributed by atoms with Gasteiger partial charge in [0, 0.05) is 11.8 Å². The quantitative estimate of drug-likeness (QED) is 0.373. The number of azo groups is 1. The molecule has 0 heterocycles. The summed E-state index contributed by atoms with van der Waals surface area (Å²) in [4.78, 5) is 8.89. The highest BCUT2D eigenvalue weighted by Crippen LogP contribution is 2.05. The first kappa shape index (κ1) is 21.3. The first-order valence-electron chi connectivity index (χ1n) is 9.57. The molecule has 0 bridgehead atoms. The molecule has 0 saturated carbocycles. The topological polar surface area (TPSA) is 101 Å². The fraction of sp³-hybridized carbons (Fsp3) is 0.364. The van der Waals surface area contributed by atoms with Crippen LogP contribution in [0.5, 0.6) is 0 Å². The maximum atomic E-state index is 6.06. The first-order chi connectivity index (χ1) is 13.6. The fourth-order valence-electron chi connectivity index (χ4n) is 2.39. The lowest BCUT2D eigenvalue weighted by Crippen LogP contribution is -2.24. The van der Waals surface area contributed by atoms with Gasteiger partial charge in [0.15, 0.2) is 0 Å². The minimum absolute atomic E-state index is 0.0480. The van der Waals surface area contributed by atoms with Gasteiger partial charge in [-0.1, -0.05) is 74.5 Å². The van der Waals surface area contributed by atoms with Crippen molar-refractivity contribution in [3.63, 3.8) is 0 Å². The summed E-state index contributed by atoms with van der Waals surface area (Å²) in [5.41, 5.74) is 14.4. The third-order valence-corrected chi connectivity index (χ3v) is 4.39. The van der Waals surface area contributed by atoms with Gasteiger partial charge in [-0.15, -0.1) is 0 Å². The summed E-state index contributed by atoms with van der Waals surface area (Å²) in [6, 6.07) is 20.1. The second kappa shape index (κ2) is 11.6. The van der Waals surface area contributed by atoms with Gasteiger partial charge in [-0.2, -0.15) is 10.2 Å². The third-order valence-electron chi connectivity index (χ3n) is 4.39. The van der Waals surface area contributed by atoms with Gasteiger partial charge in [-0.3, -0.25) is 9.98 Å². The number of hydrogen-bond acceptors (Lipinski definition) is 4. The van der Waals surface area contributed by atoms with E-state index in [9.17, 15) is 0 Å². The Balaban J connectivity index is 1.73. The maximum absolute atomic E-state index is 6.06. The van der Waals surface area contributed by atoms with E-state index < -0.39 is 0 Å². The molecule has 0 saturated heterocycles. The summed E-state index contributed by atoms with van der Waals surface area (Å²) in [5.74, 6) is 1.29. The van der Waals surface area contributed by atoms with Crippen LogP contribution in [0.15, 0.2) is 80.9 Å². The van der Waals surface area contributed by atoms with Crippen LogP contribution in [0, 0.1) is 11.8 Å². The summed E-state index contributed by atoms with van der Waals surface area (Å²) in [6.45, 7) is 6.19. The third kappa shape index (κ3) is 7.70. The van der Waals surface area contributed by atoms with E-state index in [1.807, 2.05) is 74.5 Å². The van der Waals surface area contributed by atoms with E-state index in [1.165, 1.54) is 0 Å². The molecule has 6 nitrogen and oxygen atoms in total. The lowest BCUT2D eigenvalue weighted by molar-refractivity contribution is 0.679. The van der Waals surface area contributed by atoms with Gasteiger partial charge in [0.05, 0.1) is 37.9 Å². The second-order valence-electron chi connectivity index (χ2n) is 6.90. The number of nitrogens with zero attached hydrogens (tertiary/aromatic N) is 4. The molecule has 0 amide bonds. The van der Waals surface area contributed by atoms with Crippen LogP contribution in [0.4, 0.5) is 0 Å². The minimum Gasteiger partial charge on any atom is -0.387 e. The predicted molar refractivity (Wildman–Crippen MR) is 116 cm³/mol. The van der Waals surface area contributed by atoms with Crippen LogP contribution in [0.25, 0.3) is 0 Å². The molecule has 2 atom stereocenters. The molecule has 0 radical (unpaired) electrons. The van der Waals surface area contributed by atoms with Gasteiger partial charge < -0.3 is 11.5 Å². The average molecular weight is 379 g/mol. The van der Waals surface area contributed by atoms with Gasteiger partial charge in [-0.25, -0.2) is 0 Å². The molecular formula is C22H30N6. The largest absolute Gasteiger partial charge is 0.387 e. The Hall–Kier alpha value is -3.02. The Morgan fingerprint density at radius 3 is 1.39 bits per heavy atom. The standard InChI is InChI=1S/C22H30N6/c1-17(21(23)25-15-19-9-5-3-6-10-19)13-27-28-14-18(2)22(24)26-16-20-11-7-4-8-12-20/h3-12,17-18H,13-16H2,1-2H3,(H2,23,25)(H2,24,26). The molecule has 2 aromatic rings. The molecule has 2 aromatic carbocycles. The zero-order chi connectivity index (χ0) is 20.2. The van der Waals surface area contributed by atoms with Gasteiger partial charge in [0.2, 0.25) is 0 Å². The molecule has 0 fully saturated rings. The fourth-order valence-corrected chi connectivity index (χ4v) is 2.39. The Labute approximate surface area is 167 Å². The highest BCUT2D eigenvalue weighted by Gasteiger charge is 2.08. The van der Waals surface area contributed by atoms with Crippen LogP contribution >= 0.6 is 0 Å². The van der Waals surface area contributed by atoms with Crippen LogP contribution < -0.4 is 11.5 Å². The first-order valence-corrected chi connectivity index (χ1v) is 9.57. The van der Waals surface area contributed by atoms with Crippen LogP contribution in [-0.4, -0.2) is 24.8 Å². The minimum atomic E-state index is 0.0480. The molecule has 0 spiro atoms. The zero-order valence-electron chi connectivity index (χ0n) is 16.7. The Bertz CT molecular complexity index is 716. The van der Waals surface area contributed by atoms with Crippen molar-refractivity contribution in [2.75, 3.05) is 13.1 Å². The molecular weight excluding hydrogens is 348 g/mol. The summed E-state index contributed by atoms with van der Waals surface area (Å²) in [6.07, 6.45) is 0. The highest BCUT2D eigenvalue weighted by molar-refractivity contribution is 5.83. The number of aliphatic imine (C=N–C) groups is 2. The lowest BCUT2D eigenvalue weighted by Gasteiger charge is -2.09. The molecule has 0 aliphatic carbocycles. The van der Waals surface area contributed by atoms with Crippen molar-refractivity contribution < 1.29 is 0 Å². The molecule has 0 aromatic heterocycles. The van der Waals surface area contributed by atoms with Crippen LogP contribution in [0.3, 0.4) is 0 Å². The Morgan fingerprint density at radius 1 is 0.679 bits per heavy atom. The average Bonchev–Trinajstić information content (AvgIpc) is 2.74. The number of rotatable bonds is 10. The van der Waals surface area contributed by atoms with Gasteiger partial charge in [0.1, 0.15) is 0 Å².